The van der Waals surface area contributed by atoms with Crippen molar-refractivity contribution in [3.8, 4) is 11.5 Å². The van der Waals surface area contributed by atoms with Crippen molar-refractivity contribution >= 4 is 0 Å². The monoisotopic (exact) mass is 204 g/mol. The number of rotatable bonds is 3. The van der Waals surface area contributed by atoms with Crippen molar-refractivity contribution in [1.29, 1.82) is 0 Å². The minimum absolute atomic E-state index is 0.178. The highest BCUT2D eigenvalue weighted by molar-refractivity contribution is 5.59. The molecular formula is C11H12N2O2. The molecule has 0 aliphatic rings. The van der Waals surface area contributed by atoms with Gasteiger partial charge in [-0.3, -0.25) is 0 Å². The lowest BCUT2D eigenvalue weighted by atomic mass is 10.0. The van der Waals surface area contributed by atoms with Crippen molar-refractivity contribution in [2.45, 2.75) is 6.10 Å². The summed E-state index contributed by atoms with van der Waals surface area (Å²) in [4.78, 5) is 4.05. The topological polar surface area (TPSA) is 72.3 Å². The standard InChI is InChI=1S/C11H12N2O2/c12-7-10(14)8-3-1-2-4-9(8)11-13-5-6-15-11/h1-6,10,14H,7,12H2. The minimum atomic E-state index is -0.687. The van der Waals surface area contributed by atoms with Gasteiger partial charge in [0, 0.05) is 12.1 Å². The van der Waals surface area contributed by atoms with Crippen LogP contribution in [0.25, 0.3) is 11.5 Å². The molecule has 1 unspecified atom stereocenters. The number of aliphatic hydroxyl groups excluding tert-OH is 1. The lowest BCUT2D eigenvalue weighted by molar-refractivity contribution is 0.187. The van der Waals surface area contributed by atoms with E-state index < -0.39 is 6.10 Å². The Hall–Kier alpha value is -1.65. The molecule has 78 valence electrons. The summed E-state index contributed by atoms with van der Waals surface area (Å²) < 4.78 is 5.19. The third kappa shape index (κ3) is 1.91. The Bertz CT molecular complexity index is 426. The van der Waals surface area contributed by atoms with E-state index >= 15 is 0 Å². The van der Waals surface area contributed by atoms with Crippen LogP contribution in [0.15, 0.2) is 41.1 Å². The summed E-state index contributed by atoms with van der Waals surface area (Å²) in [5.41, 5.74) is 6.94. The predicted molar refractivity (Wildman–Crippen MR) is 56.0 cm³/mol. The van der Waals surface area contributed by atoms with Crippen LogP contribution in [0.4, 0.5) is 0 Å². The lowest BCUT2D eigenvalue weighted by Gasteiger charge is -2.11. The van der Waals surface area contributed by atoms with Crippen molar-refractivity contribution in [3.63, 3.8) is 0 Å². The van der Waals surface area contributed by atoms with Crippen LogP contribution in [0.3, 0.4) is 0 Å². The van der Waals surface area contributed by atoms with Crippen LogP contribution in [0.2, 0.25) is 0 Å². The summed E-state index contributed by atoms with van der Waals surface area (Å²) in [6.45, 7) is 0.178. The second kappa shape index (κ2) is 4.25. The van der Waals surface area contributed by atoms with Gasteiger partial charge in [0.2, 0.25) is 5.89 Å². The fourth-order valence-electron chi connectivity index (χ4n) is 1.47. The van der Waals surface area contributed by atoms with Crippen molar-refractivity contribution < 1.29 is 9.52 Å². The van der Waals surface area contributed by atoms with E-state index in [1.807, 2.05) is 24.3 Å². The number of hydrogen-bond donors (Lipinski definition) is 2. The molecule has 0 saturated carbocycles. The van der Waals surface area contributed by atoms with E-state index in [0.29, 0.717) is 5.89 Å². The normalized spacial score (nSPS) is 12.7. The first-order valence-corrected chi connectivity index (χ1v) is 4.70. The Labute approximate surface area is 87.4 Å². The van der Waals surface area contributed by atoms with Crippen LogP contribution in [-0.2, 0) is 0 Å². The first kappa shape index (κ1) is 9.89. The van der Waals surface area contributed by atoms with Crippen LogP contribution >= 0.6 is 0 Å². The average Bonchev–Trinajstić information content (AvgIpc) is 2.81. The summed E-state index contributed by atoms with van der Waals surface area (Å²) in [6, 6.07) is 7.38. The van der Waals surface area contributed by atoms with Crippen LogP contribution in [0, 0.1) is 0 Å². The third-order valence-corrected chi connectivity index (χ3v) is 2.21. The molecule has 4 heteroatoms. The van der Waals surface area contributed by atoms with Gasteiger partial charge in [-0.2, -0.15) is 0 Å². The maximum Gasteiger partial charge on any atom is 0.226 e. The quantitative estimate of drug-likeness (QED) is 0.791. The summed E-state index contributed by atoms with van der Waals surface area (Å²) in [5, 5.41) is 9.71. The number of hydrogen-bond acceptors (Lipinski definition) is 4. The Kier molecular flexibility index (Phi) is 2.80. The van der Waals surface area contributed by atoms with Crippen molar-refractivity contribution in [1.82, 2.24) is 4.98 Å². The highest BCUT2D eigenvalue weighted by Gasteiger charge is 2.13. The molecule has 1 aromatic heterocycles. The highest BCUT2D eigenvalue weighted by atomic mass is 16.3. The first-order chi connectivity index (χ1) is 7.33. The fourth-order valence-corrected chi connectivity index (χ4v) is 1.47. The zero-order chi connectivity index (χ0) is 10.7. The van der Waals surface area contributed by atoms with Gasteiger partial charge in [0.15, 0.2) is 0 Å². The number of nitrogens with two attached hydrogens (primary N) is 1. The predicted octanol–water partition coefficient (Wildman–Crippen LogP) is 1.33. The molecule has 0 aliphatic heterocycles. The smallest absolute Gasteiger partial charge is 0.226 e. The molecule has 0 aliphatic carbocycles. The minimum Gasteiger partial charge on any atom is -0.445 e. The van der Waals surface area contributed by atoms with Crippen LogP contribution in [0.5, 0.6) is 0 Å². The molecular weight excluding hydrogens is 192 g/mol. The zero-order valence-electron chi connectivity index (χ0n) is 8.13. The molecule has 2 aromatic rings. The summed E-state index contributed by atoms with van der Waals surface area (Å²) in [6.07, 6.45) is 2.38. The van der Waals surface area contributed by atoms with Gasteiger partial charge in [0.05, 0.1) is 12.3 Å². The zero-order valence-corrected chi connectivity index (χ0v) is 8.13. The number of nitrogens with zero attached hydrogens (tertiary/aromatic N) is 1. The van der Waals surface area contributed by atoms with Crippen molar-refractivity contribution in [3.05, 3.63) is 42.3 Å². The van der Waals surface area contributed by atoms with Gasteiger partial charge in [-0.1, -0.05) is 18.2 Å². The second-order valence-electron chi connectivity index (χ2n) is 3.18. The van der Waals surface area contributed by atoms with Gasteiger partial charge in [-0.05, 0) is 11.6 Å². The van der Waals surface area contributed by atoms with Gasteiger partial charge < -0.3 is 15.3 Å². The molecule has 0 saturated heterocycles. The molecule has 0 spiro atoms. The molecule has 3 N–H and O–H groups in total. The number of benzene rings is 1. The number of aromatic nitrogens is 1. The van der Waals surface area contributed by atoms with E-state index in [4.69, 9.17) is 10.2 Å². The summed E-state index contributed by atoms with van der Waals surface area (Å²) in [7, 11) is 0. The molecule has 1 heterocycles. The summed E-state index contributed by atoms with van der Waals surface area (Å²) >= 11 is 0. The average molecular weight is 204 g/mol. The Balaban J connectivity index is 2.47. The molecule has 0 bridgehead atoms. The first-order valence-electron chi connectivity index (χ1n) is 4.70. The molecule has 4 nitrogen and oxygen atoms in total. The third-order valence-electron chi connectivity index (χ3n) is 2.21. The van der Waals surface area contributed by atoms with E-state index in [2.05, 4.69) is 4.98 Å². The Morgan fingerprint density at radius 2 is 2.20 bits per heavy atom. The fraction of sp³-hybridized carbons (Fsp3) is 0.182. The van der Waals surface area contributed by atoms with Crippen molar-refractivity contribution in [2.75, 3.05) is 6.54 Å². The molecule has 0 radical (unpaired) electrons. The van der Waals surface area contributed by atoms with E-state index in [0.717, 1.165) is 11.1 Å². The largest absolute Gasteiger partial charge is 0.445 e. The van der Waals surface area contributed by atoms with E-state index in [1.165, 1.54) is 6.26 Å². The SMILES string of the molecule is NCC(O)c1ccccc1-c1ncco1. The van der Waals surface area contributed by atoms with E-state index in [-0.39, 0.29) is 6.54 Å². The molecule has 1 atom stereocenters. The van der Waals surface area contributed by atoms with E-state index in [9.17, 15) is 5.11 Å². The molecule has 0 fully saturated rings. The van der Waals surface area contributed by atoms with E-state index in [1.54, 1.807) is 6.20 Å². The second-order valence-corrected chi connectivity index (χ2v) is 3.18. The van der Waals surface area contributed by atoms with Gasteiger partial charge >= 0.3 is 0 Å². The van der Waals surface area contributed by atoms with Crippen LogP contribution < -0.4 is 5.73 Å². The highest BCUT2D eigenvalue weighted by Crippen LogP contribution is 2.26. The van der Waals surface area contributed by atoms with Crippen LogP contribution in [-0.4, -0.2) is 16.6 Å². The molecule has 2 rings (SSSR count). The number of aliphatic hydroxyl groups is 1. The number of oxazole rings is 1. The Morgan fingerprint density at radius 1 is 1.40 bits per heavy atom. The van der Waals surface area contributed by atoms with Gasteiger partial charge in [-0.15, -0.1) is 0 Å². The summed E-state index contributed by atoms with van der Waals surface area (Å²) in [5.74, 6) is 0.498. The molecule has 0 amide bonds. The maximum absolute atomic E-state index is 9.71. The van der Waals surface area contributed by atoms with Gasteiger partial charge in [0.1, 0.15) is 6.26 Å². The van der Waals surface area contributed by atoms with Crippen molar-refractivity contribution in [2.24, 2.45) is 5.73 Å². The molecule has 15 heavy (non-hydrogen) atoms. The van der Waals surface area contributed by atoms with Gasteiger partial charge in [0.25, 0.3) is 0 Å². The Morgan fingerprint density at radius 3 is 2.87 bits per heavy atom. The molecule has 1 aromatic carbocycles. The lowest BCUT2D eigenvalue weighted by Crippen LogP contribution is -2.12. The maximum atomic E-state index is 9.71. The van der Waals surface area contributed by atoms with Gasteiger partial charge in [-0.25, -0.2) is 4.98 Å². The van der Waals surface area contributed by atoms with Crippen LogP contribution in [0.1, 0.15) is 11.7 Å².